The van der Waals surface area contributed by atoms with Crippen LogP contribution in [0.15, 0.2) is 29.2 Å². The summed E-state index contributed by atoms with van der Waals surface area (Å²) in [5, 5.41) is 3.11. The van der Waals surface area contributed by atoms with Gasteiger partial charge in [-0.25, -0.2) is 0 Å². The van der Waals surface area contributed by atoms with Crippen molar-refractivity contribution in [2.45, 2.75) is 43.9 Å². The van der Waals surface area contributed by atoms with E-state index in [1.54, 1.807) is 11.8 Å². The van der Waals surface area contributed by atoms with Gasteiger partial charge in [0.15, 0.2) is 0 Å². The molecule has 2 nitrogen and oxygen atoms in total. The Morgan fingerprint density at radius 3 is 2.72 bits per heavy atom. The first-order chi connectivity index (χ1) is 8.81. The van der Waals surface area contributed by atoms with Gasteiger partial charge in [-0.15, -0.1) is 11.8 Å². The Morgan fingerprint density at radius 1 is 1.28 bits per heavy atom. The molecule has 1 aliphatic rings. The monoisotopic (exact) mass is 263 g/mol. The Balaban J connectivity index is 2.01. The van der Waals surface area contributed by atoms with Gasteiger partial charge in [0.25, 0.3) is 0 Å². The highest BCUT2D eigenvalue weighted by Gasteiger charge is 2.21. The smallest absolute Gasteiger partial charge is 0.227 e. The van der Waals surface area contributed by atoms with Crippen LogP contribution in [0.1, 0.15) is 39.0 Å². The summed E-state index contributed by atoms with van der Waals surface area (Å²) < 4.78 is 0. The predicted octanol–water partition coefficient (Wildman–Crippen LogP) is 4.32. The molecule has 0 bridgehead atoms. The van der Waals surface area contributed by atoms with E-state index < -0.39 is 0 Å². The maximum absolute atomic E-state index is 12.2. The molecule has 0 unspecified atom stereocenters. The zero-order chi connectivity index (χ0) is 12.8. The predicted molar refractivity (Wildman–Crippen MR) is 78.0 cm³/mol. The minimum absolute atomic E-state index is 0.207. The summed E-state index contributed by atoms with van der Waals surface area (Å²) in [6, 6.07) is 8.08. The van der Waals surface area contributed by atoms with Crippen LogP contribution in [0.25, 0.3) is 0 Å². The van der Waals surface area contributed by atoms with Gasteiger partial charge in [-0.3, -0.25) is 4.79 Å². The molecule has 0 aliphatic heterocycles. The molecule has 1 N–H and O–H groups in total. The number of benzene rings is 1. The van der Waals surface area contributed by atoms with Gasteiger partial charge in [0.2, 0.25) is 5.91 Å². The maximum Gasteiger partial charge on any atom is 0.227 e. The molecule has 1 amide bonds. The van der Waals surface area contributed by atoms with Crippen molar-refractivity contribution in [3.05, 3.63) is 24.3 Å². The van der Waals surface area contributed by atoms with Crippen molar-refractivity contribution in [2.75, 3.05) is 11.1 Å². The van der Waals surface area contributed by atoms with Crippen LogP contribution in [0.3, 0.4) is 0 Å². The molecule has 1 fully saturated rings. The van der Waals surface area contributed by atoms with Gasteiger partial charge in [0.05, 0.1) is 5.69 Å². The minimum atomic E-state index is 0.207. The second-order valence-corrected chi connectivity index (χ2v) is 6.06. The topological polar surface area (TPSA) is 29.1 Å². The molecule has 3 heteroatoms. The van der Waals surface area contributed by atoms with Gasteiger partial charge in [0, 0.05) is 10.8 Å². The molecule has 0 saturated heterocycles. The summed E-state index contributed by atoms with van der Waals surface area (Å²) in [6.07, 6.45) is 5.78. The Morgan fingerprint density at radius 2 is 2.00 bits per heavy atom. The summed E-state index contributed by atoms with van der Waals surface area (Å²) >= 11 is 1.78. The van der Waals surface area contributed by atoms with Crippen LogP contribution in [0, 0.1) is 5.92 Å². The van der Waals surface area contributed by atoms with E-state index in [-0.39, 0.29) is 11.8 Å². The van der Waals surface area contributed by atoms with Gasteiger partial charge in [0.1, 0.15) is 0 Å². The van der Waals surface area contributed by atoms with Crippen LogP contribution >= 0.6 is 11.8 Å². The Labute approximate surface area is 114 Å². The van der Waals surface area contributed by atoms with Crippen LogP contribution in [0.5, 0.6) is 0 Å². The van der Waals surface area contributed by atoms with E-state index in [0.29, 0.717) is 0 Å². The van der Waals surface area contributed by atoms with E-state index in [9.17, 15) is 4.79 Å². The molecular formula is C15H21NOS. The molecule has 2 rings (SSSR count). The summed E-state index contributed by atoms with van der Waals surface area (Å²) in [5.41, 5.74) is 0.972. The minimum Gasteiger partial charge on any atom is -0.325 e. The van der Waals surface area contributed by atoms with E-state index in [2.05, 4.69) is 18.3 Å². The van der Waals surface area contributed by atoms with E-state index in [1.807, 2.05) is 18.2 Å². The number of carbonyl (C=O) groups excluding carboxylic acids is 1. The van der Waals surface area contributed by atoms with Crippen LogP contribution < -0.4 is 5.32 Å². The summed E-state index contributed by atoms with van der Waals surface area (Å²) in [4.78, 5) is 13.4. The number of thioether (sulfide) groups is 1. The highest BCUT2D eigenvalue weighted by molar-refractivity contribution is 7.99. The lowest BCUT2D eigenvalue weighted by atomic mass is 9.88. The lowest BCUT2D eigenvalue weighted by Gasteiger charge is -2.21. The average molecular weight is 263 g/mol. The molecule has 0 radical (unpaired) electrons. The summed E-state index contributed by atoms with van der Waals surface area (Å²) in [5.74, 6) is 1.45. The quantitative estimate of drug-likeness (QED) is 0.820. The van der Waals surface area contributed by atoms with Crippen molar-refractivity contribution >= 4 is 23.4 Å². The molecule has 1 saturated carbocycles. The van der Waals surface area contributed by atoms with Crippen molar-refractivity contribution < 1.29 is 4.79 Å². The lowest BCUT2D eigenvalue weighted by Crippen LogP contribution is -2.24. The van der Waals surface area contributed by atoms with Crippen molar-refractivity contribution in [2.24, 2.45) is 5.92 Å². The van der Waals surface area contributed by atoms with Gasteiger partial charge in [-0.2, -0.15) is 0 Å². The summed E-state index contributed by atoms with van der Waals surface area (Å²) in [6.45, 7) is 2.13. The fraction of sp³-hybridized carbons (Fsp3) is 0.533. The first kappa shape index (κ1) is 13.5. The molecule has 98 valence electrons. The molecule has 1 aromatic carbocycles. The van der Waals surface area contributed by atoms with E-state index >= 15 is 0 Å². The van der Waals surface area contributed by atoms with Crippen LogP contribution in [0.4, 0.5) is 5.69 Å². The normalized spacial score (nSPS) is 16.5. The fourth-order valence-corrected chi connectivity index (χ4v) is 3.21. The zero-order valence-electron chi connectivity index (χ0n) is 10.9. The van der Waals surface area contributed by atoms with E-state index in [0.717, 1.165) is 24.3 Å². The Hall–Kier alpha value is -0.960. The first-order valence-electron chi connectivity index (χ1n) is 6.84. The summed E-state index contributed by atoms with van der Waals surface area (Å²) in [7, 11) is 0. The SMILES string of the molecule is CCSc1ccccc1NC(=O)C1CCCCC1. The molecule has 18 heavy (non-hydrogen) atoms. The Bertz CT molecular complexity index is 399. The standard InChI is InChI=1S/C15H21NOS/c1-2-18-14-11-7-6-10-13(14)16-15(17)12-8-4-3-5-9-12/h6-7,10-12H,2-5,8-9H2,1H3,(H,16,17). The molecular weight excluding hydrogens is 242 g/mol. The highest BCUT2D eigenvalue weighted by Crippen LogP contribution is 2.29. The van der Waals surface area contributed by atoms with Gasteiger partial charge < -0.3 is 5.32 Å². The number of amides is 1. The van der Waals surface area contributed by atoms with Gasteiger partial charge in [-0.05, 0) is 30.7 Å². The number of nitrogens with one attached hydrogen (secondary N) is 1. The Kier molecular flexibility index (Phi) is 5.12. The molecule has 0 spiro atoms. The molecule has 0 aromatic heterocycles. The number of hydrogen-bond donors (Lipinski definition) is 1. The third-order valence-corrected chi connectivity index (χ3v) is 4.38. The largest absolute Gasteiger partial charge is 0.325 e. The number of anilines is 1. The number of para-hydroxylation sites is 1. The number of carbonyl (C=O) groups is 1. The van der Waals surface area contributed by atoms with Gasteiger partial charge in [-0.1, -0.05) is 38.3 Å². The van der Waals surface area contributed by atoms with Crippen LogP contribution in [-0.4, -0.2) is 11.7 Å². The van der Waals surface area contributed by atoms with Crippen LogP contribution in [-0.2, 0) is 4.79 Å². The molecule has 0 heterocycles. The number of rotatable bonds is 4. The lowest BCUT2D eigenvalue weighted by molar-refractivity contribution is -0.120. The van der Waals surface area contributed by atoms with E-state index in [4.69, 9.17) is 0 Å². The third-order valence-electron chi connectivity index (χ3n) is 3.42. The van der Waals surface area contributed by atoms with Crippen molar-refractivity contribution in [3.8, 4) is 0 Å². The average Bonchev–Trinajstić information content (AvgIpc) is 2.42. The van der Waals surface area contributed by atoms with Crippen LogP contribution in [0.2, 0.25) is 0 Å². The second kappa shape index (κ2) is 6.83. The fourth-order valence-electron chi connectivity index (χ4n) is 2.45. The van der Waals surface area contributed by atoms with Crippen molar-refractivity contribution in [1.82, 2.24) is 0 Å². The third kappa shape index (κ3) is 3.52. The zero-order valence-corrected chi connectivity index (χ0v) is 11.8. The van der Waals surface area contributed by atoms with E-state index in [1.165, 1.54) is 24.2 Å². The molecule has 1 aliphatic carbocycles. The number of hydrogen-bond acceptors (Lipinski definition) is 2. The van der Waals surface area contributed by atoms with Gasteiger partial charge >= 0.3 is 0 Å². The van der Waals surface area contributed by atoms with Crippen molar-refractivity contribution in [3.63, 3.8) is 0 Å². The van der Waals surface area contributed by atoms with Crippen molar-refractivity contribution in [1.29, 1.82) is 0 Å². The second-order valence-electron chi connectivity index (χ2n) is 4.75. The molecule has 1 aromatic rings. The highest BCUT2D eigenvalue weighted by atomic mass is 32.2. The maximum atomic E-state index is 12.2. The molecule has 0 atom stereocenters. The first-order valence-corrected chi connectivity index (χ1v) is 7.82.